The molecule has 1 aromatic heterocycles. The molecule has 22 heavy (non-hydrogen) atoms. The molecule has 0 radical (unpaired) electrons. The fraction of sp³-hybridized carbons (Fsp3) is 0.222. The third kappa shape index (κ3) is 2.48. The number of hydrogen-bond donors (Lipinski definition) is 1. The minimum absolute atomic E-state index is 0.367. The van der Waals surface area contributed by atoms with E-state index in [0.717, 1.165) is 22.5 Å². The first kappa shape index (κ1) is 14.3. The van der Waals surface area contributed by atoms with E-state index in [4.69, 9.17) is 0 Å². The number of hydrogen-bond acceptors (Lipinski definition) is 2. The molecule has 3 aromatic rings. The summed E-state index contributed by atoms with van der Waals surface area (Å²) < 4.78 is 2.04. The quantitative estimate of drug-likeness (QED) is 0.798. The average Bonchev–Trinajstić information content (AvgIpc) is 2.85. The van der Waals surface area contributed by atoms with E-state index in [2.05, 4.69) is 4.98 Å². The van der Waals surface area contributed by atoms with Crippen molar-refractivity contribution in [3.05, 3.63) is 60.4 Å². The molecule has 0 aliphatic rings. The smallest absolute Gasteiger partial charge is 0.309 e. The van der Waals surface area contributed by atoms with Crippen molar-refractivity contribution in [3.8, 4) is 5.69 Å². The zero-order valence-electron chi connectivity index (χ0n) is 12.7. The van der Waals surface area contributed by atoms with E-state index in [-0.39, 0.29) is 0 Å². The molecule has 0 bridgehead atoms. The molecule has 2 aromatic carbocycles. The lowest BCUT2D eigenvalue weighted by Gasteiger charge is -2.19. The Morgan fingerprint density at radius 1 is 1.09 bits per heavy atom. The third-order valence-electron chi connectivity index (χ3n) is 3.82. The number of carboxylic acids is 1. The Labute approximate surface area is 129 Å². The highest BCUT2D eigenvalue weighted by Gasteiger charge is 2.30. The second-order valence-corrected chi connectivity index (χ2v) is 6.05. The Balaban J connectivity index is 2.20. The summed E-state index contributed by atoms with van der Waals surface area (Å²) in [6, 6.07) is 17.8. The van der Waals surface area contributed by atoms with Crippen LogP contribution in [0, 0.1) is 5.41 Å². The number of benzene rings is 2. The molecule has 0 aliphatic heterocycles. The number of imidazole rings is 1. The summed E-state index contributed by atoms with van der Waals surface area (Å²) in [7, 11) is 0. The summed E-state index contributed by atoms with van der Waals surface area (Å²) in [6.45, 7) is 3.45. The van der Waals surface area contributed by atoms with E-state index in [0.29, 0.717) is 6.42 Å². The van der Waals surface area contributed by atoms with Crippen LogP contribution >= 0.6 is 0 Å². The Hall–Kier alpha value is -2.62. The fourth-order valence-electron chi connectivity index (χ4n) is 2.53. The largest absolute Gasteiger partial charge is 0.481 e. The van der Waals surface area contributed by atoms with Crippen molar-refractivity contribution < 1.29 is 9.90 Å². The first-order valence-electron chi connectivity index (χ1n) is 7.24. The van der Waals surface area contributed by atoms with Gasteiger partial charge in [-0.3, -0.25) is 9.36 Å². The van der Waals surface area contributed by atoms with Crippen molar-refractivity contribution in [2.45, 2.75) is 20.3 Å². The number of aromatic nitrogens is 2. The summed E-state index contributed by atoms with van der Waals surface area (Å²) in [5.41, 5.74) is 1.99. The van der Waals surface area contributed by atoms with Crippen LogP contribution in [0.4, 0.5) is 0 Å². The summed E-state index contributed by atoms with van der Waals surface area (Å²) >= 11 is 0. The molecule has 4 nitrogen and oxygen atoms in total. The first-order chi connectivity index (χ1) is 10.5. The maximum absolute atomic E-state index is 11.5. The molecule has 0 atom stereocenters. The van der Waals surface area contributed by atoms with Crippen LogP contribution in [0.5, 0.6) is 0 Å². The van der Waals surface area contributed by atoms with Crippen LogP contribution in [0.15, 0.2) is 54.6 Å². The predicted octanol–water partition coefficient (Wildman–Crippen LogP) is 3.68. The molecule has 0 aliphatic carbocycles. The van der Waals surface area contributed by atoms with Gasteiger partial charge in [0.2, 0.25) is 0 Å². The second kappa shape index (κ2) is 5.30. The van der Waals surface area contributed by atoms with Crippen LogP contribution in [-0.2, 0) is 11.2 Å². The van der Waals surface area contributed by atoms with Gasteiger partial charge in [0, 0.05) is 12.1 Å². The molecule has 0 amide bonds. The Bertz CT molecular complexity index is 819. The first-order valence-corrected chi connectivity index (χ1v) is 7.24. The highest BCUT2D eigenvalue weighted by atomic mass is 16.4. The van der Waals surface area contributed by atoms with Gasteiger partial charge in [0.15, 0.2) is 0 Å². The van der Waals surface area contributed by atoms with Crippen LogP contribution in [0.2, 0.25) is 0 Å². The maximum atomic E-state index is 11.5. The molecular formula is C18H18N2O2. The molecule has 0 saturated carbocycles. The number of aliphatic carboxylic acids is 1. The van der Waals surface area contributed by atoms with Crippen LogP contribution < -0.4 is 0 Å². The summed E-state index contributed by atoms with van der Waals surface area (Å²) in [5.74, 6) is -0.0565. The van der Waals surface area contributed by atoms with E-state index in [1.165, 1.54) is 0 Å². The minimum Gasteiger partial charge on any atom is -0.481 e. The number of nitrogens with zero attached hydrogens (tertiary/aromatic N) is 2. The molecule has 0 saturated heterocycles. The van der Waals surface area contributed by atoms with Crippen molar-refractivity contribution in [3.63, 3.8) is 0 Å². The molecular weight excluding hydrogens is 276 g/mol. The van der Waals surface area contributed by atoms with Crippen LogP contribution in [0.1, 0.15) is 19.7 Å². The second-order valence-electron chi connectivity index (χ2n) is 6.05. The standard InChI is InChI=1S/C18H18N2O2/c1-18(2,17(21)22)12-16-19-14-10-6-7-11-15(14)20(16)13-8-4-3-5-9-13/h3-11H,12H2,1-2H3,(H,21,22). The van der Waals surface area contributed by atoms with Crippen LogP contribution in [-0.4, -0.2) is 20.6 Å². The summed E-state index contributed by atoms with van der Waals surface area (Å²) in [4.78, 5) is 16.1. The lowest BCUT2D eigenvalue weighted by molar-refractivity contribution is -0.146. The zero-order valence-corrected chi connectivity index (χ0v) is 12.7. The third-order valence-corrected chi connectivity index (χ3v) is 3.82. The van der Waals surface area contributed by atoms with Gasteiger partial charge >= 0.3 is 5.97 Å². The van der Waals surface area contributed by atoms with Crippen molar-refractivity contribution in [1.82, 2.24) is 9.55 Å². The molecule has 0 unspecified atom stereocenters. The van der Waals surface area contributed by atoms with Crippen molar-refractivity contribution in [2.24, 2.45) is 5.41 Å². The minimum atomic E-state index is -0.867. The number of carboxylic acid groups (broad SMARTS) is 1. The Morgan fingerprint density at radius 3 is 2.41 bits per heavy atom. The van der Waals surface area contributed by atoms with Gasteiger partial charge in [-0.1, -0.05) is 30.3 Å². The van der Waals surface area contributed by atoms with Gasteiger partial charge in [0.25, 0.3) is 0 Å². The van der Waals surface area contributed by atoms with E-state index in [1.807, 2.05) is 59.2 Å². The van der Waals surface area contributed by atoms with Gasteiger partial charge < -0.3 is 5.11 Å². The van der Waals surface area contributed by atoms with E-state index >= 15 is 0 Å². The van der Waals surface area contributed by atoms with Gasteiger partial charge in [0.1, 0.15) is 5.82 Å². The molecule has 4 heteroatoms. The topological polar surface area (TPSA) is 55.1 Å². The highest BCUT2D eigenvalue weighted by Crippen LogP contribution is 2.27. The van der Waals surface area contributed by atoms with Crippen molar-refractivity contribution in [2.75, 3.05) is 0 Å². The van der Waals surface area contributed by atoms with Crippen molar-refractivity contribution in [1.29, 1.82) is 0 Å². The molecule has 3 rings (SSSR count). The molecule has 1 heterocycles. The predicted molar refractivity (Wildman–Crippen MR) is 86.2 cm³/mol. The average molecular weight is 294 g/mol. The van der Waals surface area contributed by atoms with Gasteiger partial charge in [-0.15, -0.1) is 0 Å². The normalized spacial score (nSPS) is 11.7. The molecule has 0 fully saturated rings. The Morgan fingerprint density at radius 2 is 1.73 bits per heavy atom. The van der Waals surface area contributed by atoms with E-state index in [1.54, 1.807) is 13.8 Å². The molecule has 112 valence electrons. The summed E-state index contributed by atoms with van der Waals surface area (Å²) in [5, 5.41) is 9.40. The molecule has 1 N–H and O–H groups in total. The number of carbonyl (C=O) groups is 1. The van der Waals surface area contributed by atoms with E-state index < -0.39 is 11.4 Å². The monoisotopic (exact) mass is 294 g/mol. The van der Waals surface area contributed by atoms with Gasteiger partial charge in [-0.25, -0.2) is 4.98 Å². The van der Waals surface area contributed by atoms with Gasteiger partial charge in [0.05, 0.1) is 16.4 Å². The van der Waals surface area contributed by atoms with Crippen molar-refractivity contribution >= 4 is 17.0 Å². The highest BCUT2D eigenvalue weighted by molar-refractivity contribution is 5.79. The van der Waals surface area contributed by atoms with Crippen LogP contribution in [0.25, 0.3) is 16.7 Å². The zero-order chi connectivity index (χ0) is 15.7. The van der Waals surface area contributed by atoms with Gasteiger partial charge in [-0.2, -0.15) is 0 Å². The van der Waals surface area contributed by atoms with Crippen LogP contribution in [0.3, 0.4) is 0 Å². The Kier molecular flexibility index (Phi) is 3.45. The lowest BCUT2D eigenvalue weighted by atomic mass is 9.89. The number of para-hydroxylation sites is 3. The van der Waals surface area contributed by atoms with E-state index in [9.17, 15) is 9.90 Å². The fourth-order valence-corrected chi connectivity index (χ4v) is 2.53. The number of rotatable bonds is 4. The van der Waals surface area contributed by atoms with Gasteiger partial charge in [-0.05, 0) is 38.1 Å². The molecule has 0 spiro atoms. The SMILES string of the molecule is CC(C)(Cc1nc2ccccc2n1-c1ccccc1)C(=O)O. The summed E-state index contributed by atoms with van der Waals surface area (Å²) in [6.07, 6.45) is 0.367. The lowest BCUT2D eigenvalue weighted by Crippen LogP contribution is -2.27. The maximum Gasteiger partial charge on any atom is 0.309 e. The number of fused-ring (bicyclic) bond motifs is 1.